The molecule has 0 aliphatic rings. The van der Waals surface area contributed by atoms with Gasteiger partial charge in [-0.05, 0) is 80.4 Å². The zero-order chi connectivity index (χ0) is 21.8. The highest BCUT2D eigenvalue weighted by Crippen LogP contribution is 2.26. The van der Waals surface area contributed by atoms with E-state index in [4.69, 9.17) is 16.3 Å². The molecular formula is C24H22ClN3O2. The van der Waals surface area contributed by atoms with Crippen LogP contribution in [0.4, 0.5) is 5.69 Å². The van der Waals surface area contributed by atoms with Crippen LogP contribution in [0.1, 0.15) is 22.5 Å². The minimum atomic E-state index is -0.475. The van der Waals surface area contributed by atoms with Crippen LogP contribution in [0.5, 0.6) is 5.75 Å². The molecule has 0 atom stereocenters. The fourth-order valence-electron chi connectivity index (χ4n) is 3.30. The van der Waals surface area contributed by atoms with Crippen LogP contribution >= 0.6 is 11.6 Å². The number of hydrogen-bond donors (Lipinski definition) is 1. The average molecular weight is 420 g/mol. The molecule has 0 unspecified atom stereocenters. The second-order valence-electron chi connectivity index (χ2n) is 6.90. The number of aromatic nitrogens is 1. The molecule has 1 aromatic heterocycles. The van der Waals surface area contributed by atoms with Crippen LogP contribution in [-0.2, 0) is 4.79 Å². The van der Waals surface area contributed by atoms with E-state index in [1.54, 1.807) is 31.4 Å². The minimum absolute atomic E-state index is 0.0179. The molecule has 0 aliphatic carbocycles. The quantitative estimate of drug-likeness (QED) is 0.431. The van der Waals surface area contributed by atoms with E-state index in [-0.39, 0.29) is 5.57 Å². The summed E-state index contributed by atoms with van der Waals surface area (Å²) >= 11 is 6.12. The number of carbonyl (C=O) groups excluding carboxylic acids is 1. The number of nitrogens with one attached hydrogen (secondary N) is 1. The number of benzene rings is 2. The van der Waals surface area contributed by atoms with Crippen molar-refractivity contribution in [3.05, 3.63) is 81.6 Å². The van der Waals surface area contributed by atoms with Crippen LogP contribution in [0.15, 0.2) is 54.1 Å². The lowest BCUT2D eigenvalue weighted by Crippen LogP contribution is -2.14. The van der Waals surface area contributed by atoms with Crippen LogP contribution in [-0.4, -0.2) is 17.6 Å². The molecule has 0 bridgehead atoms. The predicted molar refractivity (Wildman–Crippen MR) is 120 cm³/mol. The summed E-state index contributed by atoms with van der Waals surface area (Å²) < 4.78 is 7.29. The largest absolute Gasteiger partial charge is 0.497 e. The van der Waals surface area contributed by atoms with E-state index in [1.807, 2.05) is 57.2 Å². The van der Waals surface area contributed by atoms with Crippen molar-refractivity contribution in [3.8, 4) is 17.5 Å². The monoisotopic (exact) mass is 419 g/mol. The smallest absolute Gasteiger partial charge is 0.266 e. The van der Waals surface area contributed by atoms with Gasteiger partial charge in [-0.3, -0.25) is 4.79 Å². The van der Waals surface area contributed by atoms with E-state index in [9.17, 15) is 10.1 Å². The first-order valence-electron chi connectivity index (χ1n) is 9.37. The van der Waals surface area contributed by atoms with Crippen LogP contribution in [0.25, 0.3) is 11.8 Å². The number of carbonyl (C=O) groups is 1. The molecule has 0 saturated carbocycles. The van der Waals surface area contributed by atoms with Gasteiger partial charge >= 0.3 is 0 Å². The van der Waals surface area contributed by atoms with Gasteiger partial charge in [-0.2, -0.15) is 5.26 Å². The van der Waals surface area contributed by atoms with Crippen LogP contribution in [0.3, 0.4) is 0 Å². The normalized spacial score (nSPS) is 11.1. The number of hydrogen-bond acceptors (Lipinski definition) is 3. The third-order valence-electron chi connectivity index (χ3n) is 4.98. The highest BCUT2D eigenvalue weighted by molar-refractivity contribution is 6.31. The maximum absolute atomic E-state index is 12.7. The fraction of sp³-hybridized carbons (Fsp3) is 0.167. The Kier molecular flexibility index (Phi) is 6.29. The molecule has 0 radical (unpaired) electrons. The molecule has 0 saturated heterocycles. The molecular weight excluding hydrogens is 398 g/mol. The van der Waals surface area contributed by atoms with Gasteiger partial charge in [-0.1, -0.05) is 17.7 Å². The van der Waals surface area contributed by atoms with Gasteiger partial charge < -0.3 is 14.6 Å². The number of nitriles is 1. The van der Waals surface area contributed by atoms with Gasteiger partial charge in [-0.15, -0.1) is 0 Å². The van der Waals surface area contributed by atoms with E-state index >= 15 is 0 Å². The Hall–Kier alpha value is -3.49. The summed E-state index contributed by atoms with van der Waals surface area (Å²) in [4.78, 5) is 12.7. The zero-order valence-corrected chi connectivity index (χ0v) is 18.0. The predicted octanol–water partition coefficient (Wildman–Crippen LogP) is 5.61. The van der Waals surface area contributed by atoms with E-state index in [0.717, 1.165) is 34.0 Å². The maximum atomic E-state index is 12.7. The molecule has 30 heavy (non-hydrogen) atoms. The number of methoxy groups -OCH3 is 1. The summed E-state index contributed by atoms with van der Waals surface area (Å²) in [6.07, 6.45) is 1.61. The van der Waals surface area contributed by atoms with Crippen molar-refractivity contribution in [1.82, 2.24) is 4.57 Å². The first-order valence-corrected chi connectivity index (χ1v) is 9.75. The maximum Gasteiger partial charge on any atom is 0.266 e. The third-order valence-corrected chi connectivity index (χ3v) is 5.39. The number of anilines is 1. The van der Waals surface area contributed by atoms with Crippen molar-refractivity contribution in [2.45, 2.75) is 20.8 Å². The summed E-state index contributed by atoms with van der Waals surface area (Å²) in [6, 6.07) is 16.9. The Morgan fingerprint density at radius 2 is 1.87 bits per heavy atom. The van der Waals surface area contributed by atoms with Gasteiger partial charge in [0.15, 0.2) is 0 Å². The van der Waals surface area contributed by atoms with Crippen molar-refractivity contribution >= 4 is 29.3 Å². The van der Waals surface area contributed by atoms with E-state index in [2.05, 4.69) is 9.88 Å². The van der Waals surface area contributed by atoms with Gasteiger partial charge in [0.2, 0.25) is 0 Å². The molecule has 2 aromatic carbocycles. The number of halogens is 1. The SMILES string of the molecule is COc1ccc(-n2c(C)cc(C=C(C#N)C(=O)Nc3cccc(Cl)c3C)c2C)cc1. The van der Waals surface area contributed by atoms with Crippen LogP contribution < -0.4 is 10.1 Å². The Labute approximate surface area is 181 Å². The van der Waals surface area contributed by atoms with Crippen molar-refractivity contribution < 1.29 is 9.53 Å². The molecule has 3 rings (SSSR count). The first-order chi connectivity index (χ1) is 14.3. The second-order valence-corrected chi connectivity index (χ2v) is 7.30. The summed E-state index contributed by atoms with van der Waals surface area (Å²) in [7, 11) is 1.63. The van der Waals surface area contributed by atoms with E-state index in [1.165, 1.54) is 0 Å². The topological polar surface area (TPSA) is 67.0 Å². The molecule has 5 nitrogen and oxygen atoms in total. The number of amides is 1. The Morgan fingerprint density at radius 1 is 1.17 bits per heavy atom. The Bertz CT molecular complexity index is 1170. The summed E-state index contributed by atoms with van der Waals surface area (Å²) in [5.74, 6) is 0.304. The molecule has 0 aliphatic heterocycles. The van der Waals surface area contributed by atoms with Crippen molar-refractivity contribution in [3.63, 3.8) is 0 Å². The number of rotatable bonds is 5. The lowest BCUT2D eigenvalue weighted by Gasteiger charge is -2.11. The molecule has 3 aromatic rings. The van der Waals surface area contributed by atoms with Crippen LogP contribution in [0, 0.1) is 32.1 Å². The fourth-order valence-corrected chi connectivity index (χ4v) is 3.47. The van der Waals surface area contributed by atoms with Crippen molar-refractivity contribution in [2.24, 2.45) is 0 Å². The highest BCUT2D eigenvalue weighted by atomic mass is 35.5. The lowest BCUT2D eigenvalue weighted by molar-refractivity contribution is -0.112. The molecule has 6 heteroatoms. The van der Waals surface area contributed by atoms with Crippen molar-refractivity contribution in [1.29, 1.82) is 5.26 Å². The van der Waals surface area contributed by atoms with E-state index in [0.29, 0.717) is 10.7 Å². The minimum Gasteiger partial charge on any atom is -0.497 e. The highest BCUT2D eigenvalue weighted by Gasteiger charge is 2.15. The van der Waals surface area contributed by atoms with Gasteiger partial charge in [0.1, 0.15) is 17.4 Å². The molecule has 1 heterocycles. The van der Waals surface area contributed by atoms with Gasteiger partial charge in [0, 0.05) is 27.8 Å². The molecule has 152 valence electrons. The Morgan fingerprint density at radius 3 is 2.50 bits per heavy atom. The summed E-state index contributed by atoms with van der Waals surface area (Å²) in [6.45, 7) is 5.75. The first kappa shape index (κ1) is 21.2. The standard InChI is InChI=1S/C24H22ClN3O2/c1-15-12-18(17(3)28(15)20-8-10-21(30-4)11-9-20)13-19(14-26)24(29)27-23-7-5-6-22(25)16(23)2/h5-13H,1-4H3,(H,27,29). The average Bonchev–Trinajstić information content (AvgIpc) is 3.02. The third kappa shape index (κ3) is 4.24. The summed E-state index contributed by atoms with van der Waals surface area (Å²) in [5.41, 5.74) is 5.05. The van der Waals surface area contributed by atoms with E-state index < -0.39 is 5.91 Å². The van der Waals surface area contributed by atoms with Crippen LogP contribution in [0.2, 0.25) is 5.02 Å². The molecule has 1 N–H and O–H groups in total. The Balaban J connectivity index is 1.93. The van der Waals surface area contributed by atoms with Crippen molar-refractivity contribution in [2.75, 3.05) is 12.4 Å². The molecule has 1 amide bonds. The molecule has 0 spiro atoms. The second kappa shape index (κ2) is 8.89. The number of aryl methyl sites for hydroxylation is 1. The van der Waals surface area contributed by atoms with Gasteiger partial charge in [0.25, 0.3) is 5.91 Å². The lowest BCUT2D eigenvalue weighted by atomic mass is 10.1. The zero-order valence-electron chi connectivity index (χ0n) is 17.3. The summed E-state index contributed by atoms with van der Waals surface area (Å²) in [5, 5.41) is 12.9. The number of nitrogens with zero attached hydrogens (tertiary/aromatic N) is 2. The molecule has 0 fully saturated rings. The van der Waals surface area contributed by atoms with Gasteiger partial charge in [0.05, 0.1) is 7.11 Å². The van der Waals surface area contributed by atoms with Gasteiger partial charge in [-0.25, -0.2) is 0 Å². The number of ether oxygens (including phenoxy) is 1.